The molecular formula is C12H16N2O3. The Morgan fingerprint density at radius 2 is 2.00 bits per heavy atom. The summed E-state index contributed by atoms with van der Waals surface area (Å²) in [6.07, 6.45) is 0.838. The van der Waals surface area contributed by atoms with Crippen molar-refractivity contribution in [3.05, 3.63) is 23.9 Å². The minimum absolute atomic E-state index is 0.0294. The molecule has 0 unspecified atom stereocenters. The topological polar surface area (TPSA) is 68.3 Å². The first-order chi connectivity index (χ1) is 7.79. The van der Waals surface area contributed by atoms with E-state index in [1.165, 1.54) is 13.1 Å². The van der Waals surface area contributed by atoms with Crippen molar-refractivity contribution < 1.29 is 14.3 Å². The fraction of sp³-hybridized carbons (Fsp3) is 0.417. The molecule has 0 saturated carbocycles. The van der Waals surface area contributed by atoms with Gasteiger partial charge in [-0.3, -0.25) is 4.79 Å². The average Bonchev–Trinajstić information content (AvgIpc) is 2.14. The van der Waals surface area contributed by atoms with Crippen molar-refractivity contribution in [3.63, 3.8) is 0 Å². The van der Waals surface area contributed by atoms with Crippen LogP contribution in [0.2, 0.25) is 0 Å². The van der Waals surface area contributed by atoms with Gasteiger partial charge in [0.25, 0.3) is 0 Å². The van der Waals surface area contributed by atoms with Gasteiger partial charge in [0.1, 0.15) is 0 Å². The summed E-state index contributed by atoms with van der Waals surface area (Å²) in [4.78, 5) is 26.7. The highest BCUT2D eigenvalue weighted by molar-refractivity contribution is 5.96. The Balaban J connectivity index is 2.82. The van der Waals surface area contributed by atoms with Crippen molar-refractivity contribution in [2.75, 3.05) is 0 Å². The predicted molar refractivity (Wildman–Crippen MR) is 63.2 cm³/mol. The highest BCUT2D eigenvalue weighted by Crippen LogP contribution is 2.15. The van der Waals surface area contributed by atoms with Gasteiger partial charge in [0, 0.05) is 11.7 Å². The molecule has 5 nitrogen and oxygen atoms in total. The van der Waals surface area contributed by atoms with Crippen molar-refractivity contribution in [2.45, 2.75) is 33.2 Å². The second-order valence-corrected chi connectivity index (χ2v) is 4.68. The third-order valence-electron chi connectivity index (χ3n) is 1.82. The molecule has 5 heteroatoms. The summed E-state index contributed by atoms with van der Waals surface area (Å²) >= 11 is 0. The molecule has 0 spiro atoms. The molecule has 0 aliphatic rings. The Kier molecular flexibility index (Phi) is 3.83. The maximum absolute atomic E-state index is 11.5. The van der Waals surface area contributed by atoms with E-state index in [1.807, 2.05) is 20.8 Å². The van der Waals surface area contributed by atoms with E-state index in [2.05, 4.69) is 10.3 Å². The predicted octanol–water partition coefficient (Wildman–Crippen LogP) is 2.17. The summed E-state index contributed by atoms with van der Waals surface area (Å²) in [6, 6.07) is 3.18. The fourth-order valence-corrected chi connectivity index (χ4v) is 1.16. The van der Waals surface area contributed by atoms with E-state index in [0.29, 0.717) is 0 Å². The Morgan fingerprint density at radius 1 is 1.35 bits per heavy atom. The van der Waals surface area contributed by atoms with Crippen LogP contribution in [0.5, 0.6) is 5.88 Å². The number of nitrogens with one attached hydrogen (secondary N) is 1. The Hall–Kier alpha value is -1.91. The number of hydrogen-bond acceptors (Lipinski definition) is 4. The van der Waals surface area contributed by atoms with E-state index < -0.39 is 11.6 Å². The van der Waals surface area contributed by atoms with E-state index in [1.54, 1.807) is 12.1 Å². The van der Waals surface area contributed by atoms with Crippen LogP contribution in [0.25, 0.3) is 0 Å². The third-order valence-corrected chi connectivity index (χ3v) is 1.82. The average molecular weight is 236 g/mol. The summed E-state index contributed by atoms with van der Waals surface area (Å²) in [5.74, 6) is -0.168. The summed E-state index contributed by atoms with van der Waals surface area (Å²) in [5, 5.41) is 2.62. The monoisotopic (exact) mass is 236 g/mol. The minimum Gasteiger partial charge on any atom is -0.390 e. The number of ether oxygens (including phenoxy) is 1. The smallest absolute Gasteiger partial charge is 0.390 e. The van der Waals surface area contributed by atoms with Gasteiger partial charge in [-0.1, -0.05) is 0 Å². The first-order valence-corrected chi connectivity index (χ1v) is 5.25. The molecule has 0 aliphatic carbocycles. The number of pyridine rings is 1. The normalized spacial score (nSPS) is 10.8. The maximum atomic E-state index is 11.5. The van der Waals surface area contributed by atoms with Gasteiger partial charge < -0.3 is 10.1 Å². The molecule has 1 aromatic heterocycles. The van der Waals surface area contributed by atoms with Gasteiger partial charge in [0.2, 0.25) is 5.88 Å². The molecule has 1 N–H and O–H groups in total. The molecule has 1 rings (SSSR count). The first kappa shape index (κ1) is 13.2. The van der Waals surface area contributed by atoms with Gasteiger partial charge in [-0.25, -0.2) is 9.78 Å². The lowest BCUT2D eigenvalue weighted by Gasteiger charge is -2.19. The zero-order chi connectivity index (χ0) is 13.1. The van der Waals surface area contributed by atoms with Gasteiger partial charge in [0.05, 0.1) is 5.56 Å². The van der Waals surface area contributed by atoms with Gasteiger partial charge in [-0.15, -0.1) is 0 Å². The van der Waals surface area contributed by atoms with Crippen LogP contribution >= 0.6 is 0 Å². The van der Waals surface area contributed by atoms with Crippen molar-refractivity contribution in [3.8, 4) is 5.88 Å². The fourth-order valence-electron chi connectivity index (χ4n) is 1.16. The highest BCUT2D eigenvalue weighted by Gasteiger charge is 2.18. The van der Waals surface area contributed by atoms with E-state index in [0.717, 1.165) is 0 Å². The lowest BCUT2D eigenvalue weighted by atomic mass is 10.1. The van der Waals surface area contributed by atoms with Crippen LogP contribution < -0.4 is 10.1 Å². The number of aromatic nitrogens is 1. The Morgan fingerprint density at radius 3 is 2.53 bits per heavy atom. The second-order valence-electron chi connectivity index (χ2n) is 4.68. The molecule has 0 fully saturated rings. The van der Waals surface area contributed by atoms with Crippen LogP contribution in [0.3, 0.4) is 0 Å². The highest BCUT2D eigenvalue weighted by atomic mass is 16.6. The van der Waals surface area contributed by atoms with E-state index in [9.17, 15) is 9.59 Å². The van der Waals surface area contributed by atoms with Gasteiger partial charge in [-0.2, -0.15) is 0 Å². The van der Waals surface area contributed by atoms with Gasteiger partial charge in [0.15, 0.2) is 5.78 Å². The molecule has 0 saturated heterocycles. The van der Waals surface area contributed by atoms with Crippen LogP contribution in [-0.2, 0) is 0 Å². The molecular weight excluding hydrogens is 220 g/mol. The largest absolute Gasteiger partial charge is 0.414 e. The van der Waals surface area contributed by atoms with Crippen LogP contribution in [0.15, 0.2) is 18.3 Å². The van der Waals surface area contributed by atoms with Crippen molar-refractivity contribution in [2.24, 2.45) is 0 Å². The van der Waals surface area contributed by atoms with E-state index >= 15 is 0 Å². The van der Waals surface area contributed by atoms with Crippen molar-refractivity contribution >= 4 is 11.9 Å². The molecule has 0 aliphatic heterocycles. The molecule has 92 valence electrons. The van der Waals surface area contributed by atoms with E-state index in [4.69, 9.17) is 4.74 Å². The van der Waals surface area contributed by atoms with Crippen LogP contribution in [0.4, 0.5) is 4.79 Å². The zero-order valence-corrected chi connectivity index (χ0v) is 10.4. The maximum Gasteiger partial charge on any atom is 0.414 e. The Labute approximate surface area is 100 Å². The van der Waals surface area contributed by atoms with Crippen LogP contribution in [-0.4, -0.2) is 22.4 Å². The zero-order valence-electron chi connectivity index (χ0n) is 10.4. The molecule has 0 bridgehead atoms. The minimum atomic E-state index is -0.626. The lowest BCUT2D eigenvalue weighted by molar-refractivity contribution is 0.101. The SMILES string of the molecule is CC(=O)c1cccnc1OC(=O)NC(C)(C)C. The quantitative estimate of drug-likeness (QED) is 0.799. The van der Waals surface area contributed by atoms with Crippen molar-refractivity contribution in [1.29, 1.82) is 0 Å². The first-order valence-electron chi connectivity index (χ1n) is 5.25. The molecule has 0 atom stereocenters. The third kappa shape index (κ3) is 4.22. The number of carbonyl (C=O) groups excluding carboxylic acids is 2. The van der Waals surface area contributed by atoms with Crippen LogP contribution in [0, 0.1) is 0 Å². The standard InChI is InChI=1S/C12H16N2O3/c1-8(15)9-6-5-7-13-10(9)17-11(16)14-12(2,3)4/h5-7H,1-4H3,(H,14,16). The second kappa shape index (κ2) is 4.95. The van der Waals surface area contributed by atoms with Crippen LogP contribution in [0.1, 0.15) is 38.1 Å². The number of nitrogens with zero attached hydrogens (tertiary/aromatic N) is 1. The number of ketones is 1. The molecule has 17 heavy (non-hydrogen) atoms. The number of Topliss-reactive ketones (excluding diaryl/α,β-unsaturated/α-hetero) is 1. The number of amides is 1. The molecule has 1 heterocycles. The summed E-state index contributed by atoms with van der Waals surface area (Å²) < 4.78 is 5.00. The molecule has 1 aromatic rings. The summed E-state index contributed by atoms with van der Waals surface area (Å²) in [5.41, 5.74) is -0.112. The molecule has 1 amide bonds. The number of carbonyl (C=O) groups is 2. The summed E-state index contributed by atoms with van der Waals surface area (Å²) in [7, 11) is 0. The Bertz CT molecular complexity index is 436. The summed E-state index contributed by atoms with van der Waals surface area (Å²) in [6.45, 7) is 6.89. The molecule has 0 radical (unpaired) electrons. The van der Waals surface area contributed by atoms with Gasteiger partial charge in [-0.05, 0) is 39.8 Å². The van der Waals surface area contributed by atoms with Gasteiger partial charge >= 0.3 is 6.09 Å². The number of rotatable bonds is 2. The van der Waals surface area contributed by atoms with E-state index in [-0.39, 0.29) is 17.2 Å². The number of hydrogen-bond donors (Lipinski definition) is 1. The lowest BCUT2D eigenvalue weighted by Crippen LogP contribution is -2.42. The van der Waals surface area contributed by atoms with Crippen molar-refractivity contribution in [1.82, 2.24) is 10.3 Å². The molecule has 0 aromatic carbocycles.